The molecule has 0 aromatic heterocycles. The fraction of sp³-hybridized carbons (Fsp3) is 0.833. The van der Waals surface area contributed by atoms with Crippen LogP contribution in [0.25, 0.3) is 0 Å². The average molecular weight is 526 g/mol. The third kappa shape index (κ3) is 24.2. The fourth-order valence-corrected chi connectivity index (χ4v) is 5.12. The van der Waals surface area contributed by atoms with E-state index in [-0.39, 0.29) is 19.3 Å². The van der Waals surface area contributed by atoms with Gasteiger partial charge < -0.3 is 24.6 Å². The fourth-order valence-electron chi connectivity index (χ4n) is 5.12. The molecular weight excluding hydrogens is 470 g/mol. The zero-order valence-corrected chi connectivity index (χ0v) is 23.6. The second kappa shape index (κ2) is 24.4. The number of carbonyl (C=O) groups is 3. The van der Waals surface area contributed by atoms with Gasteiger partial charge in [0.25, 0.3) is 0 Å². The first-order valence-electron chi connectivity index (χ1n) is 14.9. The number of hydrogen-bond donors (Lipinski definition) is 2. The van der Waals surface area contributed by atoms with Gasteiger partial charge in [-0.15, -0.1) is 0 Å². The number of hydrogen-bond acceptors (Lipinski definition) is 4. The Labute approximate surface area is 225 Å². The molecule has 0 spiro atoms. The normalized spacial score (nSPS) is 11.8. The van der Waals surface area contributed by atoms with E-state index >= 15 is 0 Å². The van der Waals surface area contributed by atoms with Crippen LogP contribution in [0.2, 0.25) is 0 Å². The number of carboxylic acids is 3. The highest BCUT2D eigenvalue weighted by Crippen LogP contribution is 2.19. The van der Waals surface area contributed by atoms with E-state index in [1.165, 1.54) is 70.6 Å². The van der Waals surface area contributed by atoms with Crippen molar-refractivity contribution >= 4 is 17.9 Å². The Bertz CT molecular complexity index is 569. The Morgan fingerprint density at radius 1 is 0.568 bits per heavy atom. The molecule has 216 valence electrons. The molecule has 7 heteroatoms. The Kier molecular flexibility index (Phi) is 23.2. The molecular formula is C30H55NO6. The van der Waals surface area contributed by atoms with Crippen molar-refractivity contribution in [3.63, 3.8) is 0 Å². The average Bonchev–Trinajstić information content (AvgIpc) is 2.83. The molecule has 0 aromatic rings. The van der Waals surface area contributed by atoms with Crippen molar-refractivity contribution < 1.29 is 34.2 Å². The molecule has 0 aromatic carbocycles. The van der Waals surface area contributed by atoms with Crippen LogP contribution in [0.1, 0.15) is 135 Å². The predicted octanol–water partition coefficient (Wildman–Crippen LogP) is 6.10. The van der Waals surface area contributed by atoms with E-state index in [0.717, 1.165) is 25.8 Å². The molecule has 0 bridgehead atoms. The van der Waals surface area contributed by atoms with Crippen LogP contribution in [0.5, 0.6) is 0 Å². The molecule has 0 aliphatic rings. The van der Waals surface area contributed by atoms with E-state index in [9.17, 15) is 19.5 Å². The SMILES string of the molecule is CC/C=C/CCCCCCCCCCCCCC[N+](CCCC(=O)[O-])(CCCC(=O)O)CCCC(=O)O. The van der Waals surface area contributed by atoms with Crippen LogP contribution < -0.4 is 5.11 Å². The number of unbranched alkanes of at least 4 members (excludes halogenated alkanes) is 12. The lowest BCUT2D eigenvalue weighted by Gasteiger charge is -2.39. The highest BCUT2D eigenvalue weighted by atomic mass is 16.4. The first-order chi connectivity index (χ1) is 17.8. The largest absolute Gasteiger partial charge is 0.550 e. The van der Waals surface area contributed by atoms with E-state index in [1.54, 1.807) is 0 Å². The topological polar surface area (TPSA) is 115 Å². The predicted molar refractivity (Wildman–Crippen MR) is 147 cm³/mol. The maximum absolute atomic E-state index is 11.0. The molecule has 0 unspecified atom stereocenters. The van der Waals surface area contributed by atoms with Gasteiger partial charge in [-0.25, -0.2) is 0 Å². The Morgan fingerprint density at radius 2 is 0.946 bits per heavy atom. The molecule has 0 fully saturated rings. The number of quaternary nitrogens is 1. The molecule has 0 saturated carbocycles. The van der Waals surface area contributed by atoms with E-state index in [4.69, 9.17) is 10.2 Å². The van der Waals surface area contributed by atoms with Gasteiger partial charge in [-0.3, -0.25) is 9.59 Å². The lowest BCUT2D eigenvalue weighted by Crippen LogP contribution is -2.51. The van der Waals surface area contributed by atoms with Gasteiger partial charge in [0.1, 0.15) is 0 Å². The first-order valence-corrected chi connectivity index (χ1v) is 14.9. The summed E-state index contributed by atoms with van der Waals surface area (Å²) >= 11 is 0. The van der Waals surface area contributed by atoms with Gasteiger partial charge >= 0.3 is 11.9 Å². The van der Waals surface area contributed by atoms with Crippen LogP contribution in [-0.2, 0) is 14.4 Å². The molecule has 0 rings (SSSR count). The van der Waals surface area contributed by atoms with Crippen molar-refractivity contribution in [1.82, 2.24) is 0 Å². The molecule has 0 radical (unpaired) electrons. The Morgan fingerprint density at radius 3 is 1.35 bits per heavy atom. The Hall–Kier alpha value is -1.89. The van der Waals surface area contributed by atoms with Crippen LogP contribution >= 0.6 is 0 Å². The molecule has 0 atom stereocenters. The summed E-state index contributed by atoms with van der Waals surface area (Å²) in [5.74, 6) is -2.74. The van der Waals surface area contributed by atoms with Crippen molar-refractivity contribution in [1.29, 1.82) is 0 Å². The standard InChI is InChI=1S/C30H55NO6/c1-2-3-4-5-6-7-8-9-10-11-12-13-14-15-16-17-24-31(25-18-21-28(32)33,26-19-22-29(34)35)27-20-23-30(36)37/h3-4H,2,5-27H2,1H3,(H2-,32,33,34,35,36,37)/b4-3+. The zero-order valence-electron chi connectivity index (χ0n) is 23.6. The summed E-state index contributed by atoms with van der Waals surface area (Å²) in [6, 6.07) is 0. The smallest absolute Gasteiger partial charge is 0.303 e. The third-order valence-electron chi connectivity index (χ3n) is 7.22. The number of nitrogens with zero attached hydrogens (tertiary/aromatic N) is 1. The minimum atomic E-state index is -1.07. The van der Waals surface area contributed by atoms with E-state index in [0.29, 0.717) is 43.4 Å². The summed E-state index contributed by atoms with van der Waals surface area (Å²) in [5, 5.41) is 29.1. The molecule has 7 nitrogen and oxygen atoms in total. The number of rotatable bonds is 28. The number of aliphatic carboxylic acids is 3. The highest BCUT2D eigenvalue weighted by Gasteiger charge is 2.26. The zero-order chi connectivity index (χ0) is 27.6. The number of carboxylic acid groups (broad SMARTS) is 3. The quantitative estimate of drug-likeness (QED) is 0.0724. The maximum atomic E-state index is 11.0. The molecule has 0 heterocycles. The van der Waals surface area contributed by atoms with Crippen molar-refractivity contribution in [3.8, 4) is 0 Å². The molecule has 0 amide bonds. The summed E-state index contributed by atoms with van der Waals surface area (Å²) < 4.78 is 0.614. The van der Waals surface area contributed by atoms with Crippen molar-refractivity contribution in [3.05, 3.63) is 12.2 Å². The maximum Gasteiger partial charge on any atom is 0.303 e. The van der Waals surface area contributed by atoms with Crippen LogP contribution in [0.15, 0.2) is 12.2 Å². The molecule has 0 aliphatic heterocycles. The first kappa shape index (κ1) is 35.1. The van der Waals surface area contributed by atoms with Crippen molar-refractivity contribution in [2.24, 2.45) is 0 Å². The molecule has 0 aliphatic carbocycles. The second-order valence-electron chi connectivity index (χ2n) is 10.6. The number of allylic oxidation sites excluding steroid dienone is 2. The van der Waals surface area contributed by atoms with E-state index in [1.807, 2.05) is 0 Å². The van der Waals surface area contributed by atoms with Gasteiger partial charge in [0.2, 0.25) is 0 Å². The second-order valence-corrected chi connectivity index (χ2v) is 10.6. The van der Waals surface area contributed by atoms with E-state index in [2.05, 4.69) is 19.1 Å². The van der Waals surface area contributed by atoms with Gasteiger partial charge in [0, 0.05) is 25.2 Å². The Balaban J connectivity index is 4.25. The highest BCUT2D eigenvalue weighted by molar-refractivity contribution is 5.66. The lowest BCUT2D eigenvalue weighted by atomic mass is 10.0. The van der Waals surface area contributed by atoms with Crippen molar-refractivity contribution in [2.45, 2.75) is 135 Å². The van der Waals surface area contributed by atoms with Crippen molar-refractivity contribution in [2.75, 3.05) is 26.2 Å². The minimum absolute atomic E-state index is 0.0197. The van der Waals surface area contributed by atoms with Gasteiger partial charge in [-0.2, -0.15) is 0 Å². The molecule has 0 saturated heterocycles. The van der Waals surface area contributed by atoms with E-state index < -0.39 is 17.9 Å². The third-order valence-corrected chi connectivity index (χ3v) is 7.22. The van der Waals surface area contributed by atoms with Crippen LogP contribution in [0, 0.1) is 0 Å². The summed E-state index contributed by atoms with van der Waals surface area (Å²) in [6.07, 6.45) is 23.6. The van der Waals surface area contributed by atoms with Crippen LogP contribution in [0.3, 0.4) is 0 Å². The van der Waals surface area contributed by atoms with Crippen LogP contribution in [0.4, 0.5) is 0 Å². The number of carbonyl (C=O) groups excluding carboxylic acids is 1. The van der Waals surface area contributed by atoms with Gasteiger partial charge in [-0.1, -0.05) is 76.9 Å². The summed E-state index contributed by atoms with van der Waals surface area (Å²) in [7, 11) is 0. The lowest BCUT2D eigenvalue weighted by molar-refractivity contribution is -0.929. The summed E-state index contributed by atoms with van der Waals surface area (Å²) in [5.41, 5.74) is 0. The molecule has 37 heavy (non-hydrogen) atoms. The van der Waals surface area contributed by atoms with Crippen LogP contribution in [-0.4, -0.2) is 58.8 Å². The van der Waals surface area contributed by atoms with Gasteiger partial charge in [0.05, 0.1) is 39.0 Å². The van der Waals surface area contributed by atoms with Gasteiger partial charge in [-0.05, 0) is 38.5 Å². The van der Waals surface area contributed by atoms with Gasteiger partial charge in [0.15, 0.2) is 0 Å². The summed E-state index contributed by atoms with van der Waals surface area (Å²) in [4.78, 5) is 33.0. The minimum Gasteiger partial charge on any atom is -0.550 e. The summed E-state index contributed by atoms with van der Waals surface area (Å²) in [6.45, 7) is 4.94. The molecule has 2 N–H and O–H groups in total. The monoisotopic (exact) mass is 525 g/mol.